The van der Waals surface area contributed by atoms with Crippen molar-refractivity contribution >= 4 is 40.9 Å². The van der Waals surface area contributed by atoms with Gasteiger partial charge in [-0.05, 0) is 32.0 Å². The van der Waals surface area contributed by atoms with Crippen molar-refractivity contribution < 1.29 is 14.1 Å². The van der Waals surface area contributed by atoms with Crippen LogP contribution < -0.4 is 5.32 Å². The highest BCUT2D eigenvalue weighted by Gasteiger charge is 2.14. The molecule has 0 fully saturated rings. The lowest BCUT2D eigenvalue weighted by Gasteiger charge is -2.13. The van der Waals surface area contributed by atoms with E-state index in [1.54, 1.807) is 32.3 Å². The maximum atomic E-state index is 12.1. The van der Waals surface area contributed by atoms with Crippen molar-refractivity contribution in [2.45, 2.75) is 19.6 Å². The third kappa shape index (κ3) is 4.99. The standard InChI is InChI=1S/C17H20ClN3O3S/c1-10-14(11(2)24-20-10)8-25-9-16(22)19-12-5-6-15(18)13(7-12)17(23)21(3)4/h5-7H,8-9H2,1-4H3,(H,19,22). The van der Waals surface area contributed by atoms with E-state index in [1.165, 1.54) is 16.7 Å². The molecule has 0 aliphatic heterocycles. The number of thioether (sulfide) groups is 1. The Morgan fingerprint density at radius 1 is 1.32 bits per heavy atom. The first-order chi connectivity index (χ1) is 11.8. The SMILES string of the molecule is Cc1noc(C)c1CSCC(=O)Nc1ccc(Cl)c(C(=O)N(C)C)c1. The highest BCUT2D eigenvalue weighted by Crippen LogP contribution is 2.23. The van der Waals surface area contributed by atoms with Crippen LogP contribution in [0.2, 0.25) is 5.02 Å². The zero-order chi connectivity index (χ0) is 18.6. The Kier molecular flexibility index (Phi) is 6.50. The molecule has 0 bridgehead atoms. The lowest BCUT2D eigenvalue weighted by Crippen LogP contribution is -2.22. The normalized spacial score (nSPS) is 10.6. The fourth-order valence-electron chi connectivity index (χ4n) is 2.16. The Balaban J connectivity index is 1.94. The fourth-order valence-corrected chi connectivity index (χ4v) is 3.33. The van der Waals surface area contributed by atoms with Crippen molar-refractivity contribution in [1.29, 1.82) is 0 Å². The van der Waals surface area contributed by atoms with Gasteiger partial charge in [-0.2, -0.15) is 0 Å². The molecule has 2 rings (SSSR count). The summed E-state index contributed by atoms with van der Waals surface area (Å²) in [5.74, 6) is 1.34. The summed E-state index contributed by atoms with van der Waals surface area (Å²) in [6.07, 6.45) is 0. The van der Waals surface area contributed by atoms with Crippen LogP contribution in [0.5, 0.6) is 0 Å². The number of hydrogen-bond acceptors (Lipinski definition) is 5. The number of benzene rings is 1. The number of amides is 2. The molecule has 1 aromatic heterocycles. The van der Waals surface area contributed by atoms with E-state index in [-0.39, 0.29) is 17.6 Å². The van der Waals surface area contributed by atoms with Crippen LogP contribution in [0.1, 0.15) is 27.4 Å². The monoisotopic (exact) mass is 381 g/mol. The average molecular weight is 382 g/mol. The molecule has 1 heterocycles. The molecule has 134 valence electrons. The van der Waals surface area contributed by atoms with E-state index in [2.05, 4.69) is 10.5 Å². The number of hydrogen-bond donors (Lipinski definition) is 1. The highest BCUT2D eigenvalue weighted by molar-refractivity contribution is 7.99. The average Bonchev–Trinajstić information content (AvgIpc) is 2.87. The van der Waals surface area contributed by atoms with Crippen LogP contribution in [0.25, 0.3) is 0 Å². The Labute approximate surface area is 155 Å². The molecular formula is C17H20ClN3O3S. The molecule has 0 atom stereocenters. The summed E-state index contributed by atoms with van der Waals surface area (Å²) >= 11 is 7.53. The van der Waals surface area contributed by atoms with E-state index in [1.807, 2.05) is 13.8 Å². The maximum absolute atomic E-state index is 12.1. The summed E-state index contributed by atoms with van der Waals surface area (Å²) in [4.78, 5) is 25.6. The van der Waals surface area contributed by atoms with Gasteiger partial charge in [-0.1, -0.05) is 16.8 Å². The van der Waals surface area contributed by atoms with Crippen LogP contribution in [0.4, 0.5) is 5.69 Å². The minimum atomic E-state index is -0.214. The van der Waals surface area contributed by atoms with Crippen LogP contribution in [-0.2, 0) is 10.5 Å². The number of nitrogens with zero attached hydrogens (tertiary/aromatic N) is 2. The molecule has 0 aliphatic rings. The first-order valence-electron chi connectivity index (χ1n) is 7.60. The molecule has 2 amide bonds. The molecule has 6 nitrogen and oxygen atoms in total. The third-order valence-corrected chi connectivity index (χ3v) is 4.84. The lowest BCUT2D eigenvalue weighted by molar-refractivity contribution is -0.113. The van der Waals surface area contributed by atoms with Gasteiger partial charge >= 0.3 is 0 Å². The topological polar surface area (TPSA) is 75.4 Å². The van der Waals surface area contributed by atoms with Crippen LogP contribution in [0.3, 0.4) is 0 Å². The van der Waals surface area contributed by atoms with E-state index >= 15 is 0 Å². The molecule has 2 aromatic rings. The van der Waals surface area contributed by atoms with E-state index in [4.69, 9.17) is 16.1 Å². The Hall–Kier alpha value is -1.99. The Bertz CT molecular complexity index is 770. The van der Waals surface area contributed by atoms with Gasteiger partial charge in [-0.3, -0.25) is 9.59 Å². The number of rotatable bonds is 6. The predicted octanol–water partition coefficient (Wildman–Crippen LogP) is 3.52. The van der Waals surface area contributed by atoms with Gasteiger partial charge in [0.2, 0.25) is 5.91 Å². The quantitative estimate of drug-likeness (QED) is 0.828. The first-order valence-corrected chi connectivity index (χ1v) is 9.13. The third-order valence-electron chi connectivity index (χ3n) is 3.55. The molecule has 0 unspecified atom stereocenters. The number of halogens is 1. The highest BCUT2D eigenvalue weighted by atomic mass is 35.5. The summed E-state index contributed by atoms with van der Waals surface area (Å²) in [6.45, 7) is 3.73. The fraction of sp³-hybridized carbons (Fsp3) is 0.353. The van der Waals surface area contributed by atoms with Crippen molar-refractivity contribution in [1.82, 2.24) is 10.1 Å². The van der Waals surface area contributed by atoms with Crippen molar-refractivity contribution in [2.24, 2.45) is 0 Å². The smallest absolute Gasteiger partial charge is 0.254 e. The van der Waals surface area contributed by atoms with Gasteiger partial charge in [0.25, 0.3) is 5.91 Å². The van der Waals surface area contributed by atoms with Crippen LogP contribution in [-0.4, -0.2) is 41.7 Å². The van der Waals surface area contributed by atoms with E-state index in [0.717, 1.165) is 17.0 Å². The number of nitrogens with one attached hydrogen (secondary N) is 1. The summed E-state index contributed by atoms with van der Waals surface area (Å²) in [5.41, 5.74) is 2.75. The largest absolute Gasteiger partial charge is 0.361 e. The maximum Gasteiger partial charge on any atom is 0.254 e. The zero-order valence-electron chi connectivity index (χ0n) is 14.6. The molecule has 1 aromatic carbocycles. The number of carbonyl (C=O) groups excluding carboxylic acids is 2. The first kappa shape index (κ1) is 19.3. The van der Waals surface area contributed by atoms with Gasteiger partial charge in [-0.25, -0.2) is 0 Å². The number of aryl methyl sites for hydroxylation is 2. The Morgan fingerprint density at radius 3 is 2.64 bits per heavy atom. The van der Waals surface area contributed by atoms with Gasteiger partial charge in [0.05, 0.1) is 22.0 Å². The summed E-state index contributed by atoms with van der Waals surface area (Å²) in [6, 6.07) is 4.86. The van der Waals surface area contributed by atoms with Crippen molar-refractivity contribution in [3.05, 3.63) is 45.8 Å². The second-order valence-corrected chi connectivity index (χ2v) is 7.13. The summed E-state index contributed by atoms with van der Waals surface area (Å²) in [7, 11) is 3.30. The lowest BCUT2D eigenvalue weighted by atomic mass is 10.1. The van der Waals surface area contributed by atoms with E-state index in [9.17, 15) is 9.59 Å². The molecule has 1 N–H and O–H groups in total. The summed E-state index contributed by atoms with van der Waals surface area (Å²) < 4.78 is 5.10. The molecule has 0 saturated heterocycles. The minimum absolute atomic E-state index is 0.151. The minimum Gasteiger partial charge on any atom is -0.361 e. The van der Waals surface area contributed by atoms with Crippen molar-refractivity contribution in [3.63, 3.8) is 0 Å². The van der Waals surface area contributed by atoms with E-state index in [0.29, 0.717) is 22.0 Å². The zero-order valence-corrected chi connectivity index (χ0v) is 16.1. The number of carbonyl (C=O) groups is 2. The van der Waals surface area contributed by atoms with Gasteiger partial charge in [0.15, 0.2) is 0 Å². The van der Waals surface area contributed by atoms with Crippen molar-refractivity contribution in [3.8, 4) is 0 Å². The van der Waals surface area contributed by atoms with Gasteiger partial charge in [0.1, 0.15) is 5.76 Å². The van der Waals surface area contributed by atoms with Gasteiger partial charge < -0.3 is 14.7 Å². The molecule has 0 aliphatic carbocycles. The molecule has 0 radical (unpaired) electrons. The predicted molar refractivity (Wildman–Crippen MR) is 100 cm³/mol. The number of aromatic nitrogens is 1. The molecule has 0 saturated carbocycles. The second kappa shape index (κ2) is 8.40. The molecule has 0 spiro atoms. The van der Waals surface area contributed by atoms with Crippen molar-refractivity contribution in [2.75, 3.05) is 25.2 Å². The second-order valence-electron chi connectivity index (χ2n) is 5.74. The Morgan fingerprint density at radius 2 is 2.04 bits per heavy atom. The molecular weight excluding hydrogens is 362 g/mol. The molecule has 25 heavy (non-hydrogen) atoms. The summed E-state index contributed by atoms with van der Waals surface area (Å²) in [5, 5.41) is 7.03. The van der Waals surface area contributed by atoms with E-state index < -0.39 is 0 Å². The van der Waals surface area contributed by atoms with Gasteiger partial charge in [-0.15, -0.1) is 11.8 Å². The van der Waals surface area contributed by atoms with Crippen LogP contribution >= 0.6 is 23.4 Å². The molecule has 8 heteroatoms. The van der Waals surface area contributed by atoms with Crippen LogP contribution in [0.15, 0.2) is 22.7 Å². The van der Waals surface area contributed by atoms with Gasteiger partial charge in [0, 0.05) is 31.1 Å². The number of anilines is 1. The van der Waals surface area contributed by atoms with Crippen LogP contribution in [0, 0.1) is 13.8 Å².